The van der Waals surface area contributed by atoms with Gasteiger partial charge in [-0.1, -0.05) is 0 Å². The number of amides is 4. The van der Waals surface area contributed by atoms with Crippen molar-refractivity contribution in [3.63, 3.8) is 0 Å². The second-order valence-corrected chi connectivity index (χ2v) is 7.36. The van der Waals surface area contributed by atoms with Gasteiger partial charge in [0.15, 0.2) is 0 Å². The summed E-state index contributed by atoms with van der Waals surface area (Å²) < 4.78 is 15.6. The standard InChI is InChI=1S/C24H23N3O6/c1-31-18-9-5-16(6-10-18)25-22(28)14-21-23(29)27(17-7-11-19(32-2)12-8-17)24(30)26(21)15-20-4-3-13-33-20/h3-13,21H,14-15H2,1-2H3,(H,25,28). The Morgan fingerprint density at radius 1 is 0.970 bits per heavy atom. The van der Waals surface area contributed by atoms with Gasteiger partial charge in [-0.2, -0.15) is 0 Å². The van der Waals surface area contributed by atoms with Gasteiger partial charge in [0.2, 0.25) is 5.91 Å². The number of hydrogen-bond donors (Lipinski definition) is 1. The van der Waals surface area contributed by atoms with Crippen molar-refractivity contribution in [3.8, 4) is 11.5 Å². The molecule has 0 bridgehead atoms. The largest absolute Gasteiger partial charge is 0.497 e. The topological polar surface area (TPSA) is 101 Å². The summed E-state index contributed by atoms with van der Waals surface area (Å²) in [6, 6.07) is 15.3. The monoisotopic (exact) mass is 449 g/mol. The number of carbonyl (C=O) groups excluding carboxylic acids is 3. The Morgan fingerprint density at radius 3 is 2.18 bits per heavy atom. The van der Waals surface area contributed by atoms with Crippen LogP contribution in [0.4, 0.5) is 16.2 Å². The second-order valence-electron chi connectivity index (χ2n) is 7.36. The molecule has 2 heterocycles. The third-order valence-corrected chi connectivity index (χ3v) is 5.31. The number of methoxy groups -OCH3 is 2. The van der Waals surface area contributed by atoms with Gasteiger partial charge in [-0.25, -0.2) is 9.69 Å². The zero-order valence-corrected chi connectivity index (χ0v) is 18.2. The van der Waals surface area contributed by atoms with E-state index in [-0.39, 0.29) is 13.0 Å². The number of rotatable bonds is 8. The lowest BCUT2D eigenvalue weighted by atomic mass is 10.1. The molecule has 1 unspecified atom stereocenters. The quantitative estimate of drug-likeness (QED) is 0.527. The zero-order valence-electron chi connectivity index (χ0n) is 18.2. The van der Waals surface area contributed by atoms with Crippen LogP contribution in [0.5, 0.6) is 11.5 Å². The van der Waals surface area contributed by atoms with E-state index < -0.39 is 23.9 Å². The molecule has 1 aliphatic heterocycles. The minimum Gasteiger partial charge on any atom is -0.497 e. The van der Waals surface area contributed by atoms with E-state index in [4.69, 9.17) is 13.9 Å². The Balaban J connectivity index is 1.56. The lowest BCUT2D eigenvalue weighted by Gasteiger charge is -2.20. The van der Waals surface area contributed by atoms with Crippen LogP contribution >= 0.6 is 0 Å². The maximum Gasteiger partial charge on any atom is 0.332 e. The molecule has 33 heavy (non-hydrogen) atoms. The summed E-state index contributed by atoms with van der Waals surface area (Å²) in [6.07, 6.45) is 1.29. The van der Waals surface area contributed by atoms with Crippen molar-refractivity contribution < 1.29 is 28.3 Å². The third kappa shape index (κ3) is 4.67. The minimum absolute atomic E-state index is 0.0602. The van der Waals surface area contributed by atoms with E-state index in [1.54, 1.807) is 67.8 Å². The lowest BCUT2D eigenvalue weighted by Crippen LogP contribution is -2.37. The molecule has 9 heteroatoms. The van der Waals surface area contributed by atoms with Crippen molar-refractivity contribution in [2.45, 2.75) is 19.0 Å². The Hall–Kier alpha value is -4.27. The van der Waals surface area contributed by atoms with Crippen LogP contribution in [0.1, 0.15) is 12.2 Å². The number of imide groups is 1. The summed E-state index contributed by atoms with van der Waals surface area (Å²) in [5.74, 6) is 0.882. The van der Waals surface area contributed by atoms with E-state index in [0.29, 0.717) is 28.6 Å². The van der Waals surface area contributed by atoms with Gasteiger partial charge in [-0.3, -0.25) is 9.59 Å². The van der Waals surface area contributed by atoms with E-state index in [1.165, 1.54) is 18.3 Å². The Bertz CT molecular complexity index is 1130. The average molecular weight is 449 g/mol. The average Bonchev–Trinajstić information content (AvgIpc) is 3.42. The molecule has 2 aromatic carbocycles. The van der Waals surface area contributed by atoms with Crippen LogP contribution in [-0.2, 0) is 16.1 Å². The minimum atomic E-state index is -0.983. The van der Waals surface area contributed by atoms with Gasteiger partial charge in [0, 0.05) is 5.69 Å². The zero-order chi connectivity index (χ0) is 23.4. The molecule has 0 radical (unpaired) electrons. The molecule has 1 atom stereocenters. The van der Waals surface area contributed by atoms with Gasteiger partial charge >= 0.3 is 6.03 Å². The van der Waals surface area contributed by atoms with Crippen LogP contribution in [0, 0.1) is 0 Å². The van der Waals surface area contributed by atoms with Gasteiger partial charge in [0.1, 0.15) is 23.3 Å². The van der Waals surface area contributed by atoms with Crippen molar-refractivity contribution in [1.29, 1.82) is 0 Å². The Labute approximate surface area is 190 Å². The number of urea groups is 1. The van der Waals surface area contributed by atoms with E-state index in [1.807, 2.05) is 0 Å². The molecular weight excluding hydrogens is 426 g/mol. The van der Waals surface area contributed by atoms with Crippen molar-refractivity contribution >= 4 is 29.2 Å². The fourth-order valence-corrected chi connectivity index (χ4v) is 3.62. The normalized spacial score (nSPS) is 15.6. The van der Waals surface area contributed by atoms with Crippen molar-refractivity contribution in [2.75, 3.05) is 24.4 Å². The highest BCUT2D eigenvalue weighted by atomic mass is 16.5. The van der Waals surface area contributed by atoms with Crippen LogP contribution in [0.2, 0.25) is 0 Å². The number of hydrogen-bond acceptors (Lipinski definition) is 6. The molecule has 0 spiro atoms. The van der Waals surface area contributed by atoms with Gasteiger partial charge in [-0.05, 0) is 60.7 Å². The fraction of sp³-hybridized carbons (Fsp3) is 0.208. The highest BCUT2D eigenvalue weighted by Gasteiger charge is 2.47. The number of benzene rings is 2. The van der Waals surface area contributed by atoms with Crippen molar-refractivity contribution in [2.24, 2.45) is 0 Å². The second kappa shape index (κ2) is 9.47. The maximum atomic E-state index is 13.3. The third-order valence-electron chi connectivity index (χ3n) is 5.31. The van der Waals surface area contributed by atoms with Crippen LogP contribution in [0.3, 0.4) is 0 Å². The smallest absolute Gasteiger partial charge is 0.332 e. The fourth-order valence-electron chi connectivity index (χ4n) is 3.62. The highest BCUT2D eigenvalue weighted by molar-refractivity contribution is 6.22. The van der Waals surface area contributed by atoms with Gasteiger partial charge in [0.05, 0.1) is 39.1 Å². The highest BCUT2D eigenvalue weighted by Crippen LogP contribution is 2.30. The first-order chi connectivity index (χ1) is 16.0. The predicted octanol–water partition coefficient (Wildman–Crippen LogP) is 3.66. The lowest BCUT2D eigenvalue weighted by molar-refractivity contribution is -0.124. The van der Waals surface area contributed by atoms with E-state index in [2.05, 4.69) is 5.32 Å². The first-order valence-corrected chi connectivity index (χ1v) is 10.2. The Kier molecular flexibility index (Phi) is 6.30. The molecule has 9 nitrogen and oxygen atoms in total. The summed E-state index contributed by atoms with van der Waals surface area (Å²) in [5.41, 5.74) is 0.954. The summed E-state index contributed by atoms with van der Waals surface area (Å²) in [4.78, 5) is 41.7. The van der Waals surface area contributed by atoms with Crippen LogP contribution in [0.25, 0.3) is 0 Å². The molecule has 0 saturated carbocycles. The van der Waals surface area contributed by atoms with Crippen molar-refractivity contribution in [1.82, 2.24) is 4.90 Å². The molecule has 1 fully saturated rings. The molecule has 0 aliphatic carbocycles. The molecule has 1 aliphatic rings. The summed E-state index contributed by atoms with van der Waals surface area (Å²) in [6.45, 7) is 0.0602. The van der Waals surface area contributed by atoms with E-state index in [0.717, 1.165) is 4.90 Å². The molecule has 170 valence electrons. The van der Waals surface area contributed by atoms with Crippen LogP contribution in [-0.4, -0.2) is 43.0 Å². The molecule has 4 rings (SSSR count). The summed E-state index contributed by atoms with van der Waals surface area (Å²) >= 11 is 0. The molecule has 4 amide bonds. The van der Waals surface area contributed by atoms with Gasteiger partial charge in [-0.15, -0.1) is 0 Å². The van der Waals surface area contributed by atoms with Crippen molar-refractivity contribution in [3.05, 3.63) is 72.7 Å². The number of anilines is 2. The molecule has 1 aromatic heterocycles. The number of nitrogens with one attached hydrogen (secondary N) is 1. The summed E-state index contributed by atoms with van der Waals surface area (Å²) in [7, 11) is 3.09. The number of furan rings is 1. The number of ether oxygens (including phenoxy) is 2. The molecule has 3 aromatic rings. The predicted molar refractivity (Wildman–Crippen MR) is 120 cm³/mol. The Morgan fingerprint density at radius 2 is 1.61 bits per heavy atom. The SMILES string of the molecule is COc1ccc(NC(=O)CC2C(=O)N(c3ccc(OC)cc3)C(=O)N2Cc2ccco2)cc1. The molecular formula is C24H23N3O6. The number of nitrogens with zero attached hydrogens (tertiary/aromatic N) is 2. The van der Waals surface area contributed by atoms with Gasteiger partial charge in [0.25, 0.3) is 5.91 Å². The first-order valence-electron chi connectivity index (χ1n) is 10.2. The summed E-state index contributed by atoms with van der Waals surface area (Å²) in [5, 5.41) is 2.76. The van der Waals surface area contributed by atoms with Crippen LogP contribution in [0.15, 0.2) is 71.3 Å². The maximum absolute atomic E-state index is 13.3. The van der Waals surface area contributed by atoms with E-state index >= 15 is 0 Å². The van der Waals surface area contributed by atoms with Gasteiger partial charge < -0.3 is 24.1 Å². The van der Waals surface area contributed by atoms with Crippen LogP contribution < -0.4 is 19.7 Å². The first kappa shape index (κ1) is 21.9. The molecule has 1 saturated heterocycles. The molecule has 1 N–H and O–H groups in total. The van der Waals surface area contributed by atoms with E-state index in [9.17, 15) is 14.4 Å². The number of carbonyl (C=O) groups is 3.